The molecule has 3 rings (SSSR count). The third-order valence-corrected chi connectivity index (χ3v) is 3.91. The van der Waals surface area contributed by atoms with Crippen LogP contribution >= 0.6 is 0 Å². The van der Waals surface area contributed by atoms with Gasteiger partial charge in [-0.05, 0) is 25.0 Å². The number of amides is 1. The smallest absolute Gasteiger partial charge is 0.256 e. The first-order valence-corrected chi connectivity index (χ1v) is 7.84. The van der Waals surface area contributed by atoms with Gasteiger partial charge in [-0.2, -0.15) is 4.98 Å². The lowest BCUT2D eigenvalue weighted by Crippen LogP contribution is -2.44. The van der Waals surface area contributed by atoms with Crippen LogP contribution in [0.4, 0.5) is 8.78 Å². The zero-order valence-electron chi connectivity index (χ0n) is 13.6. The molecule has 0 bridgehead atoms. The summed E-state index contributed by atoms with van der Waals surface area (Å²) in [4.78, 5) is 22.1. The summed E-state index contributed by atoms with van der Waals surface area (Å²) in [5.41, 5.74) is -0.150. The molecule has 1 saturated heterocycles. The van der Waals surface area contributed by atoms with Crippen LogP contribution in [-0.4, -0.2) is 47.1 Å². The van der Waals surface area contributed by atoms with E-state index in [0.717, 1.165) is 18.6 Å². The second kappa shape index (κ2) is 7.42. The summed E-state index contributed by atoms with van der Waals surface area (Å²) in [7, 11) is 1.48. The van der Waals surface area contributed by atoms with Crippen LogP contribution in [0.25, 0.3) is 0 Å². The molecule has 1 aromatic carbocycles. The molecule has 2 aromatic rings. The fourth-order valence-electron chi connectivity index (χ4n) is 2.71. The maximum Gasteiger partial charge on any atom is 0.256 e. The van der Waals surface area contributed by atoms with Crippen LogP contribution < -0.4 is 9.47 Å². The maximum absolute atomic E-state index is 13.8. The van der Waals surface area contributed by atoms with Gasteiger partial charge >= 0.3 is 0 Å². The first-order valence-electron chi connectivity index (χ1n) is 7.84. The van der Waals surface area contributed by atoms with Gasteiger partial charge in [-0.25, -0.2) is 8.78 Å². The molecule has 1 amide bonds. The van der Waals surface area contributed by atoms with E-state index in [0.29, 0.717) is 30.8 Å². The third kappa shape index (κ3) is 4.01. The zero-order valence-corrected chi connectivity index (χ0v) is 13.6. The highest BCUT2D eigenvalue weighted by atomic mass is 19.1. The molecule has 25 heavy (non-hydrogen) atoms. The number of benzene rings is 1. The number of methoxy groups -OCH3 is 1. The average molecular weight is 349 g/mol. The largest absolute Gasteiger partial charge is 0.480 e. The monoisotopic (exact) mass is 349 g/mol. The molecule has 0 spiro atoms. The Morgan fingerprint density at radius 2 is 2.08 bits per heavy atom. The van der Waals surface area contributed by atoms with Crippen molar-refractivity contribution >= 4 is 5.91 Å². The summed E-state index contributed by atoms with van der Waals surface area (Å²) in [6, 6.07) is 2.93. The number of piperidine rings is 1. The summed E-state index contributed by atoms with van der Waals surface area (Å²) in [5, 5.41) is 0. The lowest BCUT2D eigenvalue weighted by atomic mass is 10.1. The number of hydrogen-bond acceptors (Lipinski definition) is 5. The first-order chi connectivity index (χ1) is 12.1. The van der Waals surface area contributed by atoms with Crippen molar-refractivity contribution in [3.8, 4) is 11.8 Å². The molecule has 1 fully saturated rings. The normalized spacial score (nSPS) is 17.2. The Morgan fingerprint density at radius 3 is 2.84 bits per heavy atom. The van der Waals surface area contributed by atoms with Gasteiger partial charge in [0.15, 0.2) is 0 Å². The second-order valence-electron chi connectivity index (χ2n) is 5.66. The van der Waals surface area contributed by atoms with E-state index in [1.54, 1.807) is 0 Å². The summed E-state index contributed by atoms with van der Waals surface area (Å²) < 4.78 is 37.6. The van der Waals surface area contributed by atoms with Gasteiger partial charge in [0, 0.05) is 12.6 Å². The van der Waals surface area contributed by atoms with Gasteiger partial charge in [-0.15, -0.1) is 0 Å². The lowest BCUT2D eigenvalue weighted by Gasteiger charge is -2.32. The average Bonchev–Trinajstić information content (AvgIpc) is 2.61. The van der Waals surface area contributed by atoms with Crippen molar-refractivity contribution in [1.29, 1.82) is 0 Å². The number of hydrogen-bond donors (Lipinski definition) is 0. The Balaban J connectivity index is 1.69. The number of halogens is 2. The Morgan fingerprint density at radius 1 is 1.28 bits per heavy atom. The molecule has 0 saturated carbocycles. The molecule has 1 aliphatic rings. The van der Waals surface area contributed by atoms with Crippen molar-refractivity contribution in [1.82, 2.24) is 14.9 Å². The van der Waals surface area contributed by atoms with Gasteiger partial charge in [-0.1, -0.05) is 0 Å². The number of ether oxygens (including phenoxy) is 2. The van der Waals surface area contributed by atoms with Crippen molar-refractivity contribution in [3.63, 3.8) is 0 Å². The van der Waals surface area contributed by atoms with Crippen LogP contribution in [0, 0.1) is 11.6 Å². The highest BCUT2D eigenvalue weighted by molar-refractivity contribution is 5.94. The van der Waals surface area contributed by atoms with E-state index >= 15 is 0 Å². The van der Waals surface area contributed by atoms with Crippen molar-refractivity contribution in [2.75, 3.05) is 20.2 Å². The highest BCUT2D eigenvalue weighted by Gasteiger charge is 2.27. The zero-order chi connectivity index (χ0) is 17.8. The van der Waals surface area contributed by atoms with Crippen LogP contribution in [0.2, 0.25) is 0 Å². The van der Waals surface area contributed by atoms with E-state index in [1.165, 1.54) is 24.4 Å². The number of likely N-dealkylation sites (tertiary alicyclic amines) is 1. The van der Waals surface area contributed by atoms with E-state index in [9.17, 15) is 13.6 Å². The van der Waals surface area contributed by atoms with Gasteiger partial charge in [0.2, 0.25) is 11.8 Å². The number of carbonyl (C=O) groups excluding carboxylic acids is 1. The van der Waals surface area contributed by atoms with E-state index in [1.807, 2.05) is 0 Å². The molecule has 0 N–H and O–H groups in total. The predicted octanol–water partition coefficient (Wildman–Crippen LogP) is 2.45. The fraction of sp³-hybridized carbons (Fsp3) is 0.353. The molecule has 1 aliphatic heterocycles. The molecular weight excluding hydrogens is 332 g/mol. The van der Waals surface area contributed by atoms with Gasteiger partial charge in [-0.3, -0.25) is 9.78 Å². The van der Waals surface area contributed by atoms with Gasteiger partial charge in [0.25, 0.3) is 5.91 Å². The van der Waals surface area contributed by atoms with Crippen LogP contribution in [0.1, 0.15) is 23.2 Å². The quantitative estimate of drug-likeness (QED) is 0.848. The molecule has 0 aliphatic carbocycles. The standard InChI is InChI=1S/C17H17F2N3O3/c1-24-15-8-20-9-16(21-15)25-12-3-2-6-22(10-12)17(23)13-5-4-11(18)7-14(13)19/h4-5,7-9,12H,2-3,6,10H2,1H3. The SMILES string of the molecule is COc1cncc(OC2CCCN(C(=O)c3ccc(F)cc3F)C2)n1. The molecule has 1 aromatic heterocycles. The van der Waals surface area contributed by atoms with Gasteiger partial charge in [0.05, 0.1) is 31.6 Å². The minimum atomic E-state index is -0.869. The number of rotatable bonds is 4. The first kappa shape index (κ1) is 17.1. The van der Waals surface area contributed by atoms with Crippen LogP contribution in [0.15, 0.2) is 30.6 Å². The molecular formula is C17H17F2N3O3. The van der Waals surface area contributed by atoms with E-state index in [2.05, 4.69) is 9.97 Å². The maximum atomic E-state index is 13.8. The van der Waals surface area contributed by atoms with Crippen molar-refractivity contribution in [3.05, 3.63) is 47.8 Å². The van der Waals surface area contributed by atoms with Gasteiger partial charge < -0.3 is 14.4 Å². The van der Waals surface area contributed by atoms with E-state index < -0.39 is 17.5 Å². The topological polar surface area (TPSA) is 64.6 Å². The van der Waals surface area contributed by atoms with Crippen LogP contribution in [0.5, 0.6) is 11.8 Å². The van der Waals surface area contributed by atoms with Gasteiger partial charge in [0.1, 0.15) is 17.7 Å². The predicted molar refractivity (Wildman–Crippen MR) is 84.5 cm³/mol. The number of nitrogens with zero attached hydrogens (tertiary/aromatic N) is 3. The van der Waals surface area contributed by atoms with Crippen molar-refractivity contribution in [2.24, 2.45) is 0 Å². The summed E-state index contributed by atoms with van der Waals surface area (Å²) in [6.07, 6.45) is 4.07. The summed E-state index contributed by atoms with van der Waals surface area (Å²) in [6.45, 7) is 0.772. The van der Waals surface area contributed by atoms with Crippen LogP contribution in [0.3, 0.4) is 0 Å². The number of carbonyl (C=O) groups is 1. The second-order valence-corrected chi connectivity index (χ2v) is 5.66. The Hall–Kier alpha value is -2.77. The lowest BCUT2D eigenvalue weighted by molar-refractivity contribution is 0.0521. The van der Waals surface area contributed by atoms with Crippen LogP contribution in [-0.2, 0) is 0 Å². The minimum absolute atomic E-state index is 0.150. The van der Waals surface area contributed by atoms with Crippen molar-refractivity contribution in [2.45, 2.75) is 18.9 Å². The Bertz CT molecular complexity index is 773. The summed E-state index contributed by atoms with van der Waals surface area (Å²) in [5.74, 6) is -1.44. The molecule has 1 unspecified atom stereocenters. The molecule has 0 radical (unpaired) electrons. The Labute approximate surface area is 143 Å². The Kier molecular flexibility index (Phi) is 5.06. The molecule has 8 heteroatoms. The van der Waals surface area contributed by atoms with E-state index in [-0.39, 0.29) is 18.2 Å². The number of aromatic nitrogens is 2. The highest BCUT2D eigenvalue weighted by Crippen LogP contribution is 2.20. The van der Waals surface area contributed by atoms with E-state index in [4.69, 9.17) is 9.47 Å². The molecule has 6 nitrogen and oxygen atoms in total. The molecule has 132 valence electrons. The fourth-order valence-corrected chi connectivity index (χ4v) is 2.71. The third-order valence-electron chi connectivity index (χ3n) is 3.91. The minimum Gasteiger partial charge on any atom is -0.480 e. The summed E-state index contributed by atoms with van der Waals surface area (Å²) >= 11 is 0. The molecule has 2 heterocycles. The molecule has 1 atom stereocenters. The van der Waals surface area contributed by atoms with Crippen molar-refractivity contribution < 1.29 is 23.0 Å².